The number of carbonyl (C=O) groups is 1. The van der Waals surface area contributed by atoms with Gasteiger partial charge in [0.1, 0.15) is 0 Å². The van der Waals surface area contributed by atoms with Crippen LogP contribution in [0.1, 0.15) is 27.0 Å². The van der Waals surface area contributed by atoms with E-state index in [0.717, 1.165) is 39.7 Å². The molecule has 0 aromatic heterocycles. The Morgan fingerprint density at radius 1 is 0.800 bits per heavy atom. The molecule has 0 amide bonds. The van der Waals surface area contributed by atoms with Crippen molar-refractivity contribution in [2.45, 2.75) is 13.8 Å². The van der Waals surface area contributed by atoms with Crippen LogP contribution < -0.4 is 0 Å². The van der Waals surface area contributed by atoms with Crippen LogP contribution in [0.2, 0.25) is 0 Å². The summed E-state index contributed by atoms with van der Waals surface area (Å²) in [7, 11) is -0.237. The summed E-state index contributed by atoms with van der Waals surface area (Å²) in [6.45, 7) is 3.97. The summed E-state index contributed by atoms with van der Waals surface area (Å²) >= 11 is 0. The van der Waals surface area contributed by atoms with E-state index in [-0.39, 0.29) is 7.92 Å². The summed E-state index contributed by atoms with van der Waals surface area (Å²) < 4.78 is 11.3. The van der Waals surface area contributed by atoms with Crippen LogP contribution in [0.4, 0.5) is 0 Å². The number of rotatable bonds is 3. The van der Waals surface area contributed by atoms with Gasteiger partial charge in [0.05, 0.1) is 0 Å². The Hall–Kier alpha value is -2.66. The molecule has 25 heavy (non-hydrogen) atoms. The van der Waals surface area contributed by atoms with Gasteiger partial charge in [-0.05, 0) is 0 Å². The van der Waals surface area contributed by atoms with E-state index in [0.29, 0.717) is 11.1 Å². The predicted octanol–water partition coefficient (Wildman–Crippen LogP) is 6.05. The SMILES string of the molecule is Cc1c(C=O)c(C#P=O)c(-c2ccccc2)c(C)c1-c1ccccc1. The molecule has 0 aliphatic carbocycles. The van der Waals surface area contributed by atoms with Crippen molar-refractivity contribution in [2.24, 2.45) is 0 Å². The Bertz CT molecular complexity index is 1030. The van der Waals surface area contributed by atoms with E-state index < -0.39 is 0 Å². The van der Waals surface area contributed by atoms with Crippen LogP contribution in [0.25, 0.3) is 22.3 Å². The van der Waals surface area contributed by atoms with Crippen LogP contribution >= 0.6 is 7.92 Å². The fourth-order valence-corrected chi connectivity index (χ4v) is 3.69. The third-order valence-electron chi connectivity index (χ3n) is 4.45. The third-order valence-corrected chi connectivity index (χ3v) is 4.76. The Kier molecular flexibility index (Phi) is 5.14. The van der Waals surface area contributed by atoms with Crippen LogP contribution in [-0.4, -0.2) is 6.29 Å². The van der Waals surface area contributed by atoms with Crippen molar-refractivity contribution < 1.29 is 9.36 Å². The fourth-order valence-electron chi connectivity index (χ4n) is 3.36. The zero-order chi connectivity index (χ0) is 17.8. The molecule has 3 aromatic rings. The topological polar surface area (TPSA) is 34.1 Å². The molecule has 2 nitrogen and oxygen atoms in total. The number of hydrogen-bond acceptors (Lipinski definition) is 2. The molecule has 0 N–H and O–H groups in total. The molecule has 3 rings (SSSR count). The van der Waals surface area contributed by atoms with Gasteiger partial charge in [0, 0.05) is 0 Å². The first kappa shape index (κ1) is 17.2. The van der Waals surface area contributed by atoms with Crippen LogP contribution in [0, 0.1) is 19.5 Å². The van der Waals surface area contributed by atoms with Gasteiger partial charge in [-0.1, -0.05) is 0 Å². The average Bonchev–Trinajstić information content (AvgIpc) is 2.64. The van der Waals surface area contributed by atoms with Crippen molar-refractivity contribution in [1.29, 1.82) is 0 Å². The number of carbonyl (C=O) groups excluding carboxylic acids is 1. The molecule has 0 atom stereocenters. The second-order valence-electron chi connectivity index (χ2n) is 5.84. The summed E-state index contributed by atoms with van der Waals surface area (Å²) in [4.78, 5) is 11.9. The Morgan fingerprint density at radius 3 is 1.80 bits per heavy atom. The number of hydrogen-bond donors (Lipinski definition) is 0. The number of aldehydes is 1. The van der Waals surface area contributed by atoms with Crippen molar-refractivity contribution in [3.05, 3.63) is 82.9 Å². The summed E-state index contributed by atoms with van der Waals surface area (Å²) in [5, 5.41) is 0. The molecule has 0 fully saturated rings. The molecule has 0 aliphatic rings. The first-order chi connectivity index (χ1) is 12.2. The van der Waals surface area contributed by atoms with Gasteiger partial charge in [-0.3, -0.25) is 0 Å². The minimum atomic E-state index is -0.237. The molecule has 0 unspecified atom stereocenters. The molecular weight excluding hydrogens is 327 g/mol. The van der Waals surface area contributed by atoms with Gasteiger partial charge in [-0.25, -0.2) is 0 Å². The normalized spacial score (nSPS) is 10.2. The predicted molar refractivity (Wildman–Crippen MR) is 103 cm³/mol. The van der Waals surface area contributed by atoms with Crippen LogP contribution in [-0.2, 0) is 4.57 Å². The van der Waals surface area contributed by atoms with E-state index in [9.17, 15) is 9.36 Å². The molecule has 3 aromatic carbocycles. The summed E-state index contributed by atoms with van der Waals surface area (Å²) in [5.41, 5.74) is 9.88. The molecule has 0 spiro atoms. The summed E-state index contributed by atoms with van der Waals surface area (Å²) in [5.74, 6) is 0. The average molecular weight is 344 g/mol. The maximum absolute atomic E-state index is 11.9. The zero-order valence-corrected chi connectivity index (χ0v) is 15.0. The second kappa shape index (κ2) is 7.49. The molecule has 3 heteroatoms. The van der Waals surface area contributed by atoms with Crippen molar-refractivity contribution in [2.75, 3.05) is 0 Å². The van der Waals surface area contributed by atoms with Gasteiger partial charge < -0.3 is 0 Å². The molecule has 0 saturated carbocycles. The van der Waals surface area contributed by atoms with Crippen LogP contribution in [0.5, 0.6) is 0 Å². The van der Waals surface area contributed by atoms with Crippen LogP contribution in [0.3, 0.4) is 0 Å². The first-order valence-corrected chi connectivity index (χ1v) is 8.81. The molecule has 0 saturated heterocycles. The maximum atomic E-state index is 11.9. The van der Waals surface area contributed by atoms with Crippen LogP contribution in [0.15, 0.2) is 60.7 Å². The van der Waals surface area contributed by atoms with Gasteiger partial charge >= 0.3 is 148 Å². The summed E-state index contributed by atoms with van der Waals surface area (Å²) in [6.07, 6.45) is 0.834. The minimum absolute atomic E-state index is 0.237. The fraction of sp³-hybridized carbons (Fsp3) is 0.0909. The monoisotopic (exact) mass is 344 g/mol. The van der Waals surface area contributed by atoms with E-state index in [1.54, 1.807) is 0 Å². The molecule has 122 valence electrons. The van der Waals surface area contributed by atoms with Gasteiger partial charge in [-0.2, -0.15) is 0 Å². The quantitative estimate of drug-likeness (QED) is 0.428. The zero-order valence-electron chi connectivity index (χ0n) is 14.1. The molecule has 0 aliphatic heterocycles. The van der Waals surface area contributed by atoms with Gasteiger partial charge in [0.15, 0.2) is 0 Å². The number of benzene rings is 3. The second-order valence-corrected chi connectivity index (χ2v) is 6.25. The van der Waals surface area contributed by atoms with Gasteiger partial charge in [0.2, 0.25) is 0 Å². The first-order valence-electron chi connectivity index (χ1n) is 8.00. The Morgan fingerprint density at radius 2 is 1.32 bits per heavy atom. The van der Waals surface area contributed by atoms with Crippen molar-refractivity contribution in [3.63, 3.8) is 0 Å². The van der Waals surface area contributed by atoms with E-state index in [1.165, 1.54) is 0 Å². The molecule has 0 heterocycles. The van der Waals surface area contributed by atoms with E-state index in [2.05, 4.69) is 5.63 Å². The molecular formula is C22H17O2P. The van der Waals surface area contributed by atoms with E-state index in [1.807, 2.05) is 74.5 Å². The summed E-state index contributed by atoms with van der Waals surface area (Å²) in [6, 6.07) is 19.9. The standard InChI is InChI=1S/C22H17O2P/c1-15-19(13-23)20(14-25-24)22(18-11-7-4-8-12-18)16(2)21(15)17-9-5-3-6-10-17/h3-13H,1-2H3. The molecule has 0 bridgehead atoms. The molecule has 0 radical (unpaired) electrons. The van der Waals surface area contributed by atoms with Crippen molar-refractivity contribution in [3.8, 4) is 27.9 Å². The van der Waals surface area contributed by atoms with Crippen molar-refractivity contribution >= 4 is 14.2 Å². The van der Waals surface area contributed by atoms with Gasteiger partial charge in [0.25, 0.3) is 0 Å². The van der Waals surface area contributed by atoms with E-state index in [4.69, 9.17) is 0 Å². The van der Waals surface area contributed by atoms with Crippen molar-refractivity contribution in [1.82, 2.24) is 0 Å². The Labute approximate surface area is 148 Å². The van der Waals surface area contributed by atoms with Gasteiger partial charge in [-0.15, -0.1) is 0 Å². The third kappa shape index (κ3) is 3.15. The Balaban J connectivity index is 2.50. The van der Waals surface area contributed by atoms with E-state index >= 15 is 0 Å².